The van der Waals surface area contributed by atoms with E-state index in [4.69, 9.17) is 4.74 Å². The molecule has 4 heteroatoms. The Morgan fingerprint density at radius 3 is 2.69 bits per heavy atom. The number of thioether (sulfide) groups is 1. The van der Waals surface area contributed by atoms with Crippen molar-refractivity contribution in [3.8, 4) is 5.75 Å². The molecule has 0 aliphatic heterocycles. The molecule has 0 saturated carbocycles. The van der Waals surface area contributed by atoms with Gasteiger partial charge in [-0.1, -0.05) is 0 Å². The summed E-state index contributed by atoms with van der Waals surface area (Å²) in [4.78, 5) is 11.8. The van der Waals surface area contributed by atoms with Crippen LogP contribution in [0.15, 0.2) is 23.1 Å². The Hall–Kier alpha value is -0.230. The predicted octanol–water partition coefficient (Wildman–Crippen LogP) is 2.94. The average molecular weight is 308 g/mol. The van der Waals surface area contributed by atoms with Crippen molar-refractivity contribution in [3.05, 3.63) is 21.8 Å². The van der Waals surface area contributed by atoms with Crippen LogP contribution in [-0.4, -0.2) is 12.2 Å². The second-order valence-corrected chi connectivity index (χ2v) is 4.40. The normalized spacial score (nSPS) is 9.77. The van der Waals surface area contributed by atoms with Gasteiger partial charge in [0.1, 0.15) is 5.75 Å². The van der Waals surface area contributed by atoms with Gasteiger partial charge in [-0.05, 0) is 47.0 Å². The Bertz CT molecular complexity index is 325. The third-order valence-electron chi connectivity index (χ3n) is 1.38. The van der Waals surface area contributed by atoms with Gasteiger partial charge in [0.15, 0.2) is 0 Å². The molecule has 0 unspecified atom stereocenters. The highest BCUT2D eigenvalue weighted by Crippen LogP contribution is 2.26. The second kappa shape index (κ2) is 4.85. The summed E-state index contributed by atoms with van der Waals surface area (Å²) in [6.07, 6.45) is 2.02. The quantitative estimate of drug-likeness (QED) is 0.364. The highest BCUT2D eigenvalue weighted by atomic mass is 127. The van der Waals surface area contributed by atoms with Crippen molar-refractivity contribution >= 4 is 40.3 Å². The summed E-state index contributed by atoms with van der Waals surface area (Å²) in [6, 6.07) is 5.61. The van der Waals surface area contributed by atoms with E-state index in [0.717, 1.165) is 3.57 Å². The second-order valence-electron chi connectivity index (χ2n) is 2.39. The van der Waals surface area contributed by atoms with Gasteiger partial charge in [0.25, 0.3) is 0 Å². The van der Waals surface area contributed by atoms with Gasteiger partial charge >= 0.3 is 5.97 Å². The van der Waals surface area contributed by atoms with Gasteiger partial charge in [0, 0.05) is 15.4 Å². The van der Waals surface area contributed by atoms with Crippen LogP contribution in [-0.2, 0) is 4.79 Å². The first-order valence-corrected chi connectivity index (χ1v) is 5.96. The molecule has 0 amide bonds. The first-order chi connectivity index (χ1) is 6.13. The van der Waals surface area contributed by atoms with Gasteiger partial charge in [-0.3, -0.25) is 4.79 Å². The van der Waals surface area contributed by atoms with E-state index in [1.54, 1.807) is 17.8 Å². The molecule has 0 saturated heterocycles. The molecule has 70 valence electrons. The molecule has 0 spiro atoms. The minimum absolute atomic E-state index is 0.285. The van der Waals surface area contributed by atoms with E-state index in [2.05, 4.69) is 22.6 Å². The lowest BCUT2D eigenvalue weighted by molar-refractivity contribution is -0.131. The summed E-state index contributed by atoms with van der Waals surface area (Å²) in [5.41, 5.74) is 0. The lowest BCUT2D eigenvalue weighted by Gasteiger charge is -2.04. The standard InChI is InChI=1S/C9H9IO2S/c1-6(11)12-7-3-4-9(13-2)8(10)5-7/h3-5H,1-2H3. The molecule has 2 nitrogen and oxygen atoms in total. The molecule has 0 fully saturated rings. The van der Waals surface area contributed by atoms with Crippen LogP contribution in [0.4, 0.5) is 0 Å². The number of hydrogen-bond donors (Lipinski definition) is 0. The van der Waals surface area contributed by atoms with Crippen LogP contribution in [0.25, 0.3) is 0 Å². The fourth-order valence-electron chi connectivity index (χ4n) is 0.877. The Morgan fingerprint density at radius 1 is 1.54 bits per heavy atom. The zero-order valence-electron chi connectivity index (χ0n) is 7.33. The van der Waals surface area contributed by atoms with Crippen molar-refractivity contribution < 1.29 is 9.53 Å². The van der Waals surface area contributed by atoms with Gasteiger partial charge in [-0.15, -0.1) is 11.8 Å². The first kappa shape index (κ1) is 10.8. The van der Waals surface area contributed by atoms with Crippen LogP contribution < -0.4 is 4.74 Å². The van der Waals surface area contributed by atoms with Gasteiger partial charge in [-0.2, -0.15) is 0 Å². The van der Waals surface area contributed by atoms with Crippen LogP contribution >= 0.6 is 34.4 Å². The Balaban J connectivity index is 2.89. The number of carbonyl (C=O) groups is 1. The first-order valence-electron chi connectivity index (χ1n) is 3.65. The maximum absolute atomic E-state index is 10.6. The van der Waals surface area contributed by atoms with Crippen molar-refractivity contribution in [2.75, 3.05) is 6.26 Å². The van der Waals surface area contributed by atoms with Crippen LogP contribution in [0.1, 0.15) is 6.92 Å². The summed E-state index contributed by atoms with van der Waals surface area (Å²) in [6.45, 7) is 1.40. The molecule has 1 aromatic carbocycles. The Kier molecular flexibility index (Phi) is 4.05. The highest BCUT2D eigenvalue weighted by Gasteiger charge is 2.02. The summed E-state index contributed by atoms with van der Waals surface area (Å²) < 4.78 is 6.04. The lowest BCUT2D eigenvalue weighted by atomic mass is 10.3. The molecule has 0 aliphatic carbocycles. The van der Waals surface area contributed by atoms with E-state index in [9.17, 15) is 4.79 Å². The minimum Gasteiger partial charge on any atom is -0.427 e. The van der Waals surface area contributed by atoms with Crippen molar-refractivity contribution in [2.24, 2.45) is 0 Å². The molecule has 0 heterocycles. The van der Waals surface area contributed by atoms with Crippen LogP contribution in [0, 0.1) is 3.57 Å². The fourth-order valence-corrected chi connectivity index (χ4v) is 2.48. The molecule has 13 heavy (non-hydrogen) atoms. The number of esters is 1. The van der Waals surface area contributed by atoms with Gasteiger partial charge in [0.2, 0.25) is 0 Å². The van der Waals surface area contributed by atoms with Crippen molar-refractivity contribution in [2.45, 2.75) is 11.8 Å². The number of ether oxygens (including phenoxy) is 1. The molecule has 1 aromatic rings. The Labute approximate surface area is 95.2 Å². The molecular formula is C9H9IO2S. The number of benzene rings is 1. The molecule has 0 radical (unpaired) electrons. The summed E-state index contributed by atoms with van der Waals surface area (Å²) in [5, 5.41) is 0. The number of carbonyl (C=O) groups excluding carboxylic acids is 1. The van der Waals surface area contributed by atoms with Crippen LogP contribution in [0.2, 0.25) is 0 Å². The molecule has 0 aromatic heterocycles. The topological polar surface area (TPSA) is 26.3 Å². The third-order valence-corrected chi connectivity index (χ3v) is 3.44. The van der Waals surface area contributed by atoms with E-state index < -0.39 is 0 Å². The summed E-state index contributed by atoms with van der Waals surface area (Å²) >= 11 is 3.90. The number of halogens is 1. The minimum atomic E-state index is -0.285. The SMILES string of the molecule is CSc1ccc(OC(C)=O)cc1I. The number of rotatable bonds is 2. The molecule has 0 N–H and O–H groups in total. The zero-order valence-corrected chi connectivity index (χ0v) is 10.3. The largest absolute Gasteiger partial charge is 0.427 e. The molecule has 0 atom stereocenters. The third kappa shape index (κ3) is 3.19. The monoisotopic (exact) mass is 308 g/mol. The van der Waals surface area contributed by atoms with Crippen molar-refractivity contribution in [1.29, 1.82) is 0 Å². The van der Waals surface area contributed by atoms with Gasteiger partial charge in [-0.25, -0.2) is 0 Å². The van der Waals surface area contributed by atoms with E-state index in [-0.39, 0.29) is 5.97 Å². The van der Waals surface area contributed by atoms with Gasteiger partial charge < -0.3 is 4.74 Å². The summed E-state index contributed by atoms with van der Waals surface area (Å²) in [7, 11) is 0. The molecule has 1 rings (SSSR count). The van der Waals surface area contributed by atoms with Crippen molar-refractivity contribution in [3.63, 3.8) is 0 Å². The van der Waals surface area contributed by atoms with Crippen LogP contribution in [0.5, 0.6) is 5.75 Å². The average Bonchev–Trinajstić information content (AvgIpc) is 2.03. The van der Waals surface area contributed by atoms with E-state index in [0.29, 0.717) is 5.75 Å². The van der Waals surface area contributed by atoms with Gasteiger partial charge in [0.05, 0.1) is 0 Å². The van der Waals surface area contributed by atoms with Crippen LogP contribution in [0.3, 0.4) is 0 Å². The summed E-state index contributed by atoms with van der Waals surface area (Å²) in [5.74, 6) is 0.322. The molecule has 0 aliphatic rings. The molecular weight excluding hydrogens is 299 g/mol. The number of hydrogen-bond acceptors (Lipinski definition) is 3. The smallest absolute Gasteiger partial charge is 0.308 e. The maximum Gasteiger partial charge on any atom is 0.308 e. The van der Waals surface area contributed by atoms with E-state index in [1.165, 1.54) is 11.8 Å². The fraction of sp³-hybridized carbons (Fsp3) is 0.222. The van der Waals surface area contributed by atoms with E-state index >= 15 is 0 Å². The predicted molar refractivity (Wildman–Crippen MR) is 62.2 cm³/mol. The van der Waals surface area contributed by atoms with E-state index in [1.807, 2.05) is 18.4 Å². The highest BCUT2D eigenvalue weighted by molar-refractivity contribution is 14.1. The molecule has 0 bridgehead atoms. The zero-order chi connectivity index (χ0) is 9.84. The Morgan fingerprint density at radius 2 is 2.23 bits per heavy atom. The lowest BCUT2D eigenvalue weighted by Crippen LogP contribution is -2.01. The van der Waals surface area contributed by atoms with Crippen molar-refractivity contribution in [1.82, 2.24) is 0 Å². The maximum atomic E-state index is 10.6.